The van der Waals surface area contributed by atoms with E-state index in [1.807, 2.05) is 0 Å². The molecule has 0 spiro atoms. The van der Waals surface area contributed by atoms with E-state index in [-0.39, 0.29) is 0 Å². The van der Waals surface area contributed by atoms with Gasteiger partial charge in [0.05, 0.1) is 0 Å². The Morgan fingerprint density at radius 2 is 1.65 bits per heavy atom. The molecular formula is C18H28N2. The third-order valence-corrected chi connectivity index (χ3v) is 3.24. The Balaban J connectivity index is 3.04. The molecule has 0 heterocycles. The first kappa shape index (κ1) is 16.4. The van der Waals surface area contributed by atoms with Gasteiger partial charge in [0.2, 0.25) is 0 Å². The second kappa shape index (κ2) is 9.24. The van der Waals surface area contributed by atoms with Crippen molar-refractivity contribution in [1.29, 1.82) is 0 Å². The van der Waals surface area contributed by atoms with Crippen molar-refractivity contribution in [2.24, 2.45) is 0 Å². The predicted octanol–water partition coefficient (Wildman–Crippen LogP) is 4.66. The first-order chi connectivity index (χ1) is 9.74. The average molecular weight is 272 g/mol. The van der Waals surface area contributed by atoms with Crippen LogP contribution in [0.2, 0.25) is 0 Å². The van der Waals surface area contributed by atoms with Gasteiger partial charge in [0.15, 0.2) is 0 Å². The van der Waals surface area contributed by atoms with Crippen LogP contribution in [0.1, 0.15) is 33.6 Å². The topological polar surface area (TPSA) is 6.48 Å². The molecule has 0 saturated heterocycles. The van der Waals surface area contributed by atoms with Crippen LogP contribution in [-0.2, 0) is 0 Å². The molecule has 0 atom stereocenters. The lowest BCUT2D eigenvalue weighted by Crippen LogP contribution is -2.34. The van der Waals surface area contributed by atoms with Gasteiger partial charge in [-0.1, -0.05) is 44.2 Å². The molecule has 1 rings (SSSR count). The van der Waals surface area contributed by atoms with E-state index in [0.29, 0.717) is 0 Å². The number of rotatable bonds is 8. The van der Waals surface area contributed by atoms with Gasteiger partial charge in [0, 0.05) is 25.8 Å². The number of allylic oxidation sites excluding steroid dienone is 3. The van der Waals surface area contributed by atoms with Crippen molar-refractivity contribution in [2.75, 3.05) is 25.0 Å². The molecule has 0 aliphatic heterocycles. The largest absolute Gasteiger partial charge is 0.358 e. The highest BCUT2D eigenvalue weighted by Crippen LogP contribution is 2.20. The summed E-state index contributed by atoms with van der Waals surface area (Å²) in [7, 11) is 2.14. The molecule has 0 N–H and O–H groups in total. The molecule has 0 aromatic heterocycles. The predicted molar refractivity (Wildman–Crippen MR) is 89.9 cm³/mol. The summed E-state index contributed by atoms with van der Waals surface area (Å²) in [6, 6.07) is 10.5. The molecule has 0 saturated carbocycles. The standard InChI is InChI=1S/C18H28N2/c1-5-8-14-18(20(15-6-2)16-7-3)19(4)17-12-10-9-11-13-17/h5,8-14H,6-7,15-16H2,1-4H3/b8-5+,18-14+. The van der Waals surface area contributed by atoms with Crippen molar-refractivity contribution >= 4 is 5.69 Å². The second-order valence-corrected chi connectivity index (χ2v) is 4.93. The Labute approximate surface area is 124 Å². The summed E-state index contributed by atoms with van der Waals surface area (Å²) in [6.07, 6.45) is 8.73. The van der Waals surface area contributed by atoms with E-state index in [1.54, 1.807) is 0 Å². The zero-order valence-corrected chi connectivity index (χ0v) is 13.3. The zero-order valence-electron chi connectivity index (χ0n) is 13.3. The molecule has 0 aliphatic rings. The zero-order chi connectivity index (χ0) is 14.8. The molecular weight excluding hydrogens is 244 g/mol. The summed E-state index contributed by atoms with van der Waals surface area (Å²) in [4.78, 5) is 4.73. The van der Waals surface area contributed by atoms with Gasteiger partial charge < -0.3 is 9.80 Å². The second-order valence-electron chi connectivity index (χ2n) is 4.93. The Morgan fingerprint density at radius 3 is 2.15 bits per heavy atom. The fraction of sp³-hybridized carbons (Fsp3) is 0.444. The minimum Gasteiger partial charge on any atom is -0.358 e. The lowest BCUT2D eigenvalue weighted by molar-refractivity contribution is 0.337. The smallest absolute Gasteiger partial charge is 0.108 e. The van der Waals surface area contributed by atoms with Gasteiger partial charge in [-0.15, -0.1) is 0 Å². The van der Waals surface area contributed by atoms with Crippen LogP contribution in [0.3, 0.4) is 0 Å². The Morgan fingerprint density at radius 1 is 1.05 bits per heavy atom. The summed E-state index contributed by atoms with van der Waals surface area (Å²) in [6.45, 7) is 8.71. The lowest BCUT2D eigenvalue weighted by Gasteiger charge is -2.33. The molecule has 20 heavy (non-hydrogen) atoms. The molecule has 110 valence electrons. The van der Waals surface area contributed by atoms with Gasteiger partial charge in [0.25, 0.3) is 0 Å². The van der Waals surface area contributed by atoms with Crippen LogP contribution >= 0.6 is 0 Å². The van der Waals surface area contributed by atoms with E-state index in [4.69, 9.17) is 0 Å². The highest BCUT2D eigenvalue weighted by Gasteiger charge is 2.13. The average Bonchev–Trinajstić information content (AvgIpc) is 2.48. The summed E-state index contributed by atoms with van der Waals surface area (Å²) in [5.41, 5.74) is 1.22. The number of anilines is 1. The number of nitrogens with zero attached hydrogens (tertiary/aromatic N) is 2. The third-order valence-electron chi connectivity index (χ3n) is 3.24. The quantitative estimate of drug-likeness (QED) is 0.635. The molecule has 0 unspecified atom stereocenters. The van der Waals surface area contributed by atoms with Crippen LogP contribution in [0.5, 0.6) is 0 Å². The number of hydrogen-bond donors (Lipinski definition) is 0. The highest BCUT2D eigenvalue weighted by atomic mass is 15.3. The van der Waals surface area contributed by atoms with Crippen LogP contribution in [0.4, 0.5) is 5.69 Å². The van der Waals surface area contributed by atoms with E-state index in [2.05, 4.69) is 86.2 Å². The van der Waals surface area contributed by atoms with E-state index in [9.17, 15) is 0 Å². The molecule has 0 radical (unpaired) electrons. The van der Waals surface area contributed by atoms with Gasteiger partial charge in [-0.2, -0.15) is 0 Å². The maximum absolute atomic E-state index is 2.47. The van der Waals surface area contributed by atoms with Crippen LogP contribution in [-0.4, -0.2) is 25.0 Å². The van der Waals surface area contributed by atoms with Gasteiger partial charge in [-0.25, -0.2) is 0 Å². The number of benzene rings is 1. The van der Waals surface area contributed by atoms with Crippen LogP contribution in [0, 0.1) is 0 Å². The molecule has 1 aromatic rings. The Kier molecular flexibility index (Phi) is 7.56. The van der Waals surface area contributed by atoms with Crippen molar-refractivity contribution in [1.82, 2.24) is 4.90 Å². The summed E-state index contributed by atoms with van der Waals surface area (Å²) in [5.74, 6) is 1.26. The Hall–Kier alpha value is -1.70. The maximum Gasteiger partial charge on any atom is 0.108 e. The van der Waals surface area contributed by atoms with Crippen molar-refractivity contribution in [2.45, 2.75) is 33.6 Å². The van der Waals surface area contributed by atoms with Crippen molar-refractivity contribution in [3.05, 3.63) is 54.4 Å². The van der Waals surface area contributed by atoms with E-state index < -0.39 is 0 Å². The van der Waals surface area contributed by atoms with E-state index in [1.165, 1.54) is 11.5 Å². The third kappa shape index (κ3) is 4.76. The lowest BCUT2D eigenvalue weighted by atomic mass is 10.2. The van der Waals surface area contributed by atoms with Crippen LogP contribution in [0.15, 0.2) is 54.4 Å². The van der Waals surface area contributed by atoms with E-state index in [0.717, 1.165) is 25.9 Å². The fourth-order valence-corrected chi connectivity index (χ4v) is 2.28. The first-order valence-corrected chi connectivity index (χ1v) is 7.61. The summed E-state index contributed by atoms with van der Waals surface area (Å²) in [5, 5.41) is 0. The molecule has 2 nitrogen and oxygen atoms in total. The summed E-state index contributed by atoms with van der Waals surface area (Å²) >= 11 is 0. The monoisotopic (exact) mass is 272 g/mol. The molecule has 0 amide bonds. The van der Waals surface area contributed by atoms with Gasteiger partial charge in [-0.3, -0.25) is 0 Å². The van der Waals surface area contributed by atoms with Gasteiger partial charge in [0.1, 0.15) is 5.82 Å². The number of para-hydroxylation sites is 1. The van der Waals surface area contributed by atoms with Crippen LogP contribution < -0.4 is 4.90 Å². The number of hydrogen-bond acceptors (Lipinski definition) is 2. The van der Waals surface area contributed by atoms with Gasteiger partial charge >= 0.3 is 0 Å². The van der Waals surface area contributed by atoms with Crippen LogP contribution in [0.25, 0.3) is 0 Å². The summed E-state index contributed by atoms with van der Waals surface area (Å²) < 4.78 is 0. The highest BCUT2D eigenvalue weighted by molar-refractivity contribution is 5.51. The normalized spacial score (nSPS) is 11.9. The van der Waals surface area contributed by atoms with Crippen molar-refractivity contribution in [3.8, 4) is 0 Å². The minimum absolute atomic E-state index is 1.09. The van der Waals surface area contributed by atoms with Crippen molar-refractivity contribution < 1.29 is 0 Å². The molecule has 0 aliphatic carbocycles. The molecule has 0 bridgehead atoms. The van der Waals surface area contributed by atoms with Crippen molar-refractivity contribution in [3.63, 3.8) is 0 Å². The molecule has 0 fully saturated rings. The maximum atomic E-state index is 2.47. The minimum atomic E-state index is 1.09. The fourth-order valence-electron chi connectivity index (χ4n) is 2.28. The molecule has 2 heteroatoms. The Bertz CT molecular complexity index is 414. The SMILES string of the molecule is C/C=C/C=C(/N(CCC)CCC)N(C)c1ccccc1. The first-order valence-electron chi connectivity index (χ1n) is 7.61. The molecule has 1 aromatic carbocycles. The van der Waals surface area contributed by atoms with Gasteiger partial charge in [-0.05, 0) is 38.0 Å². The van der Waals surface area contributed by atoms with E-state index >= 15 is 0 Å².